The number of pyridine rings is 1. The van der Waals surface area contributed by atoms with E-state index in [1.54, 1.807) is 0 Å². The molecule has 0 aliphatic rings. The fraction of sp³-hybridized carbons (Fsp3) is 0.143. The summed E-state index contributed by atoms with van der Waals surface area (Å²) in [5, 5.41) is 22.8. The number of hydrogen-bond donors (Lipinski definition) is 2. The van der Waals surface area contributed by atoms with Gasteiger partial charge < -0.3 is 10.4 Å². The van der Waals surface area contributed by atoms with Crippen molar-refractivity contribution in [1.82, 2.24) is 4.98 Å². The van der Waals surface area contributed by atoms with Crippen molar-refractivity contribution in [3.8, 4) is 0 Å². The number of aromatic carboxylic acids is 1. The molecule has 0 saturated heterocycles. The Morgan fingerprint density at radius 2 is 1.86 bits per heavy atom. The predicted molar refractivity (Wildman–Crippen MR) is 77.0 cm³/mol. The van der Waals surface area contributed by atoms with Crippen LogP contribution in [0.15, 0.2) is 30.5 Å². The molecule has 1 heterocycles. The molecule has 0 bridgehead atoms. The quantitative estimate of drug-likeness (QED) is 0.661. The Bertz CT molecular complexity index is 708. The lowest BCUT2D eigenvalue weighted by Crippen LogP contribution is -2.04. The van der Waals surface area contributed by atoms with Crippen LogP contribution in [0.5, 0.6) is 0 Å². The van der Waals surface area contributed by atoms with Crippen LogP contribution in [0, 0.1) is 24.0 Å². The lowest BCUT2D eigenvalue weighted by molar-refractivity contribution is -0.384. The van der Waals surface area contributed by atoms with Crippen LogP contribution in [0.1, 0.15) is 21.5 Å². The first-order valence-corrected chi connectivity index (χ1v) is 6.10. The van der Waals surface area contributed by atoms with E-state index in [2.05, 4.69) is 10.3 Å². The Balaban J connectivity index is 2.43. The lowest BCUT2D eigenvalue weighted by atomic mass is 10.1. The van der Waals surface area contributed by atoms with Gasteiger partial charge in [0, 0.05) is 18.0 Å². The molecular weight excluding hydrogens is 274 g/mol. The van der Waals surface area contributed by atoms with Crippen LogP contribution in [0.4, 0.5) is 17.2 Å². The molecule has 0 atom stereocenters. The zero-order valence-electron chi connectivity index (χ0n) is 11.5. The number of nitrogens with one attached hydrogen (secondary N) is 1. The summed E-state index contributed by atoms with van der Waals surface area (Å²) in [7, 11) is 0. The standard InChI is InChI=1S/C14H13N3O4/c1-8-3-9(2)5-11(4-8)16-13-12(17(20)21)6-10(7-15-13)14(18)19/h3-7H,1-2H3,(H,15,16)(H,18,19). The van der Waals surface area contributed by atoms with Gasteiger partial charge in [-0.2, -0.15) is 0 Å². The number of carboxylic acids is 1. The van der Waals surface area contributed by atoms with E-state index < -0.39 is 10.9 Å². The molecule has 2 N–H and O–H groups in total. The van der Waals surface area contributed by atoms with E-state index in [0.717, 1.165) is 23.4 Å². The summed E-state index contributed by atoms with van der Waals surface area (Å²) in [6.45, 7) is 3.82. The highest BCUT2D eigenvalue weighted by Crippen LogP contribution is 2.27. The van der Waals surface area contributed by atoms with E-state index in [4.69, 9.17) is 5.11 Å². The summed E-state index contributed by atoms with van der Waals surface area (Å²) >= 11 is 0. The van der Waals surface area contributed by atoms with E-state index in [9.17, 15) is 14.9 Å². The maximum absolute atomic E-state index is 11.1. The van der Waals surface area contributed by atoms with Crippen LogP contribution in [0.2, 0.25) is 0 Å². The first kappa shape index (κ1) is 14.4. The second kappa shape index (κ2) is 5.58. The average molecular weight is 287 g/mol. The van der Waals surface area contributed by atoms with Gasteiger partial charge in [-0.05, 0) is 37.1 Å². The third kappa shape index (κ3) is 3.33. The summed E-state index contributed by atoms with van der Waals surface area (Å²) in [6, 6.07) is 6.61. The van der Waals surface area contributed by atoms with Gasteiger partial charge in [-0.15, -0.1) is 0 Å². The third-order valence-electron chi connectivity index (χ3n) is 2.80. The Hall–Kier alpha value is -2.96. The third-order valence-corrected chi connectivity index (χ3v) is 2.80. The molecule has 1 aromatic carbocycles. The lowest BCUT2D eigenvalue weighted by Gasteiger charge is -2.08. The number of nitro groups is 1. The van der Waals surface area contributed by atoms with Crippen LogP contribution in [0.3, 0.4) is 0 Å². The van der Waals surface area contributed by atoms with Crippen molar-refractivity contribution in [1.29, 1.82) is 0 Å². The minimum absolute atomic E-state index is 0.00926. The van der Waals surface area contributed by atoms with Crippen molar-refractivity contribution in [2.75, 3.05) is 5.32 Å². The van der Waals surface area contributed by atoms with E-state index in [1.807, 2.05) is 32.0 Å². The van der Waals surface area contributed by atoms with Gasteiger partial charge in [-0.3, -0.25) is 10.1 Å². The molecule has 0 aliphatic heterocycles. The fourth-order valence-electron chi connectivity index (χ4n) is 1.99. The Morgan fingerprint density at radius 1 is 1.24 bits per heavy atom. The largest absolute Gasteiger partial charge is 0.478 e. The van der Waals surface area contributed by atoms with E-state index in [0.29, 0.717) is 5.69 Å². The van der Waals surface area contributed by atoms with E-state index in [1.165, 1.54) is 0 Å². The number of carbonyl (C=O) groups is 1. The summed E-state index contributed by atoms with van der Waals surface area (Å²) in [5.74, 6) is -1.25. The number of carboxylic acid groups (broad SMARTS) is 1. The van der Waals surface area contributed by atoms with Crippen molar-refractivity contribution >= 4 is 23.2 Å². The van der Waals surface area contributed by atoms with Crippen LogP contribution in [0.25, 0.3) is 0 Å². The molecule has 7 nitrogen and oxygen atoms in total. The molecule has 0 aliphatic carbocycles. The van der Waals surface area contributed by atoms with Gasteiger partial charge in [0.25, 0.3) is 0 Å². The molecule has 7 heteroatoms. The van der Waals surface area contributed by atoms with Crippen LogP contribution < -0.4 is 5.32 Å². The molecule has 21 heavy (non-hydrogen) atoms. The molecule has 0 saturated carbocycles. The molecule has 0 spiro atoms. The van der Waals surface area contributed by atoms with Gasteiger partial charge >= 0.3 is 11.7 Å². The van der Waals surface area contributed by atoms with Gasteiger partial charge in [0.1, 0.15) is 0 Å². The monoisotopic (exact) mass is 287 g/mol. The number of anilines is 2. The molecule has 0 radical (unpaired) electrons. The molecule has 0 unspecified atom stereocenters. The zero-order chi connectivity index (χ0) is 15.6. The summed E-state index contributed by atoms with van der Waals surface area (Å²) in [4.78, 5) is 25.1. The van der Waals surface area contributed by atoms with Crippen LogP contribution in [-0.2, 0) is 0 Å². The first-order chi connectivity index (χ1) is 9.86. The highest BCUT2D eigenvalue weighted by molar-refractivity contribution is 5.89. The summed E-state index contributed by atoms with van der Waals surface area (Å²) in [5.41, 5.74) is 2.05. The van der Waals surface area contributed by atoms with Gasteiger partial charge in [0.15, 0.2) is 0 Å². The Kier molecular flexibility index (Phi) is 3.84. The number of aryl methyl sites for hydroxylation is 2. The molecular formula is C14H13N3O4. The first-order valence-electron chi connectivity index (χ1n) is 6.10. The van der Waals surface area contributed by atoms with Gasteiger partial charge in [-0.25, -0.2) is 9.78 Å². The zero-order valence-corrected chi connectivity index (χ0v) is 11.5. The molecule has 108 valence electrons. The van der Waals surface area contributed by atoms with Gasteiger partial charge in [0.2, 0.25) is 5.82 Å². The SMILES string of the molecule is Cc1cc(C)cc(Nc2ncc(C(=O)O)cc2[N+](=O)[O-])c1. The van der Waals surface area contributed by atoms with Crippen molar-refractivity contribution in [3.05, 3.63) is 57.3 Å². The topological polar surface area (TPSA) is 105 Å². The van der Waals surface area contributed by atoms with Crippen molar-refractivity contribution in [3.63, 3.8) is 0 Å². The minimum atomic E-state index is -1.26. The molecule has 0 fully saturated rings. The van der Waals surface area contributed by atoms with Crippen molar-refractivity contribution in [2.45, 2.75) is 13.8 Å². The maximum atomic E-state index is 11.1. The van der Waals surface area contributed by atoms with Crippen molar-refractivity contribution < 1.29 is 14.8 Å². The van der Waals surface area contributed by atoms with E-state index in [-0.39, 0.29) is 17.1 Å². The molecule has 1 aromatic heterocycles. The van der Waals surface area contributed by atoms with Gasteiger partial charge in [0.05, 0.1) is 10.5 Å². The number of nitrogens with zero attached hydrogens (tertiary/aromatic N) is 2. The predicted octanol–water partition coefficient (Wildman–Crippen LogP) is 3.05. The molecule has 2 rings (SSSR count). The molecule has 0 amide bonds. The summed E-state index contributed by atoms with van der Waals surface area (Å²) in [6.07, 6.45) is 1.08. The highest BCUT2D eigenvalue weighted by Gasteiger charge is 2.19. The average Bonchev–Trinajstić information content (AvgIpc) is 2.37. The highest BCUT2D eigenvalue weighted by atomic mass is 16.6. The summed E-state index contributed by atoms with van der Waals surface area (Å²) < 4.78 is 0. The van der Waals surface area contributed by atoms with Gasteiger partial charge in [-0.1, -0.05) is 6.07 Å². The fourth-order valence-corrected chi connectivity index (χ4v) is 1.99. The Morgan fingerprint density at radius 3 is 2.38 bits per heavy atom. The number of benzene rings is 1. The normalized spacial score (nSPS) is 10.2. The number of rotatable bonds is 4. The van der Waals surface area contributed by atoms with E-state index >= 15 is 0 Å². The second-order valence-electron chi connectivity index (χ2n) is 4.66. The number of hydrogen-bond acceptors (Lipinski definition) is 5. The maximum Gasteiger partial charge on any atom is 0.337 e. The van der Waals surface area contributed by atoms with Crippen molar-refractivity contribution in [2.24, 2.45) is 0 Å². The number of aromatic nitrogens is 1. The Labute approximate surface area is 120 Å². The second-order valence-corrected chi connectivity index (χ2v) is 4.66. The minimum Gasteiger partial charge on any atom is -0.478 e. The smallest absolute Gasteiger partial charge is 0.337 e. The van der Waals surface area contributed by atoms with Crippen LogP contribution >= 0.6 is 0 Å². The van der Waals surface area contributed by atoms with Crippen LogP contribution in [-0.4, -0.2) is 21.0 Å². The molecule has 2 aromatic rings.